The number of ether oxygens (including phenoxy) is 1. The molecule has 0 bridgehead atoms. The Morgan fingerprint density at radius 2 is 2.09 bits per heavy atom. The predicted octanol–water partition coefficient (Wildman–Crippen LogP) is 1.41. The summed E-state index contributed by atoms with van der Waals surface area (Å²) in [6.07, 6.45) is 1.28. The van der Waals surface area contributed by atoms with Gasteiger partial charge in [0, 0.05) is 18.7 Å². The molecule has 1 saturated carbocycles. The van der Waals surface area contributed by atoms with Gasteiger partial charge in [0.15, 0.2) is 0 Å². The molecular weight excluding hydrogens is 138 g/mol. The van der Waals surface area contributed by atoms with Crippen LogP contribution in [0.25, 0.3) is 0 Å². The monoisotopic (exact) mass is 157 g/mol. The van der Waals surface area contributed by atoms with Gasteiger partial charge >= 0.3 is 0 Å². The van der Waals surface area contributed by atoms with Gasteiger partial charge in [-0.1, -0.05) is 0 Å². The van der Waals surface area contributed by atoms with Crippen LogP contribution in [0.5, 0.6) is 0 Å². The van der Waals surface area contributed by atoms with Crippen LogP contribution in [0.15, 0.2) is 0 Å². The van der Waals surface area contributed by atoms with Crippen LogP contribution >= 0.6 is 0 Å². The highest BCUT2D eigenvalue weighted by Gasteiger charge is 2.38. The van der Waals surface area contributed by atoms with Gasteiger partial charge in [-0.3, -0.25) is 0 Å². The molecule has 0 heterocycles. The second-order valence-corrected chi connectivity index (χ2v) is 4.45. The highest BCUT2D eigenvalue weighted by Crippen LogP contribution is 2.31. The summed E-state index contributed by atoms with van der Waals surface area (Å²) in [7, 11) is 1.77. The van der Waals surface area contributed by atoms with E-state index in [-0.39, 0.29) is 5.54 Å². The number of hydrogen-bond donors (Lipinski definition) is 1. The van der Waals surface area contributed by atoms with Gasteiger partial charge in [0.2, 0.25) is 0 Å². The molecule has 0 aromatic carbocycles. The van der Waals surface area contributed by atoms with Crippen LogP contribution in [0.1, 0.15) is 27.2 Å². The highest BCUT2D eigenvalue weighted by molar-refractivity contribution is 4.96. The Morgan fingerprint density at radius 3 is 2.55 bits per heavy atom. The number of methoxy groups -OCH3 is 1. The third-order valence-electron chi connectivity index (χ3n) is 1.92. The van der Waals surface area contributed by atoms with Crippen molar-refractivity contribution in [2.75, 3.05) is 13.7 Å². The summed E-state index contributed by atoms with van der Waals surface area (Å²) in [5, 5.41) is 3.55. The van der Waals surface area contributed by atoms with E-state index in [2.05, 4.69) is 26.1 Å². The minimum absolute atomic E-state index is 0.257. The van der Waals surface area contributed by atoms with Crippen LogP contribution < -0.4 is 5.32 Å². The maximum absolute atomic E-state index is 5.07. The van der Waals surface area contributed by atoms with Gasteiger partial charge in [-0.15, -0.1) is 0 Å². The van der Waals surface area contributed by atoms with Crippen LogP contribution in [-0.2, 0) is 4.74 Å². The first-order chi connectivity index (χ1) is 5.03. The Bertz CT molecular complexity index is 128. The number of hydrogen-bond acceptors (Lipinski definition) is 2. The van der Waals surface area contributed by atoms with E-state index in [0.29, 0.717) is 6.04 Å². The Balaban J connectivity index is 2.13. The zero-order valence-corrected chi connectivity index (χ0v) is 7.98. The highest BCUT2D eigenvalue weighted by atomic mass is 16.5. The fourth-order valence-electron chi connectivity index (χ4n) is 1.38. The third kappa shape index (κ3) is 3.21. The average molecular weight is 157 g/mol. The van der Waals surface area contributed by atoms with Gasteiger partial charge < -0.3 is 10.1 Å². The molecule has 0 aliphatic heterocycles. The van der Waals surface area contributed by atoms with Gasteiger partial charge in [-0.2, -0.15) is 0 Å². The van der Waals surface area contributed by atoms with Crippen molar-refractivity contribution in [3.63, 3.8) is 0 Å². The van der Waals surface area contributed by atoms with E-state index in [4.69, 9.17) is 4.74 Å². The van der Waals surface area contributed by atoms with Crippen molar-refractivity contribution in [3.8, 4) is 0 Å². The minimum Gasteiger partial charge on any atom is -0.384 e. The van der Waals surface area contributed by atoms with Gasteiger partial charge in [0.25, 0.3) is 0 Å². The Labute approximate surface area is 69.3 Å². The molecule has 0 spiro atoms. The second kappa shape index (κ2) is 3.11. The molecule has 11 heavy (non-hydrogen) atoms. The van der Waals surface area contributed by atoms with Crippen molar-refractivity contribution in [1.29, 1.82) is 0 Å². The van der Waals surface area contributed by atoms with E-state index in [1.54, 1.807) is 7.11 Å². The molecule has 66 valence electrons. The van der Waals surface area contributed by atoms with E-state index in [1.807, 2.05) is 0 Å². The molecule has 2 nitrogen and oxygen atoms in total. The molecule has 1 aliphatic carbocycles. The maximum Gasteiger partial charge on any atom is 0.0505 e. The van der Waals surface area contributed by atoms with Crippen molar-refractivity contribution in [3.05, 3.63) is 0 Å². The molecule has 0 aromatic heterocycles. The Hall–Kier alpha value is -0.0800. The van der Waals surface area contributed by atoms with Crippen LogP contribution in [0.4, 0.5) is 0 Å². The lowest BCUT2D eigenvalue weighted by Gasteiger charge is -2.20. The lowest BCUT2D eigenvalue weighted by atomic mass is 10.1. The van der Waals surface area contributed by atoms with Crippen LogP contribution in [0, 0.1) is 5.92 Å². The second-order valence-electron chi connectivity index (χ2n) is 4.45. The molecule has 0 radical (unpaired) electrons. The summed E-state index contributed by atoms with van der Waals surface area (Å²) in [4.78, 5) is 0. The molecule has 1 fully saturated rings. The topological polar surface area (TPSA) is 21.3 Å². The maximum atomic E-state index is 5.07. The fraction of sp³-hybridized carbons (Fsp3) is 1.00. The Kier molecular flexibility index (Phi) is 2.55. The molecular formula is C9H19NO. The number of nitrogens with one attached hydrogen (secondary N) is 1. The quantitative estimate of drug-likeness (QED) is 0.669. The van der Waals surface area contributed by atoms with E-state index < -0.39 is 0 Å². The zero-order valence-electron chi connectivity index (χ0n) is 7.98. The molecule has 2 heteroatoms. The standard InChI is InChI=1S/C9H19NO/c1-9(2,3)10-8-5-7(8)6-11-4/h7-8,10H,5-6H2,1-4H3. The van der Waals surface area contributed by atoms with Crippen LogP contribution in [0.3, 0.4) is 0 Å². The molecule has 2 unspecified atom stereocenters. The van der Waals surface area contributed by atoms with Gasteiger partial charge in [0.05, 0.1) is 6.61 Å². The summed E-state index contributed by atoms with van der Waals surface area (Å²) in [5.41, 5.74) is 0.257. The first kappa shape index (κ1) is 9.01. The van der Waals surface area contributed by atoms with Gasteiger partial charge in [-0.25, -0.2) is 0 Å². The first-order valence-corrected chi connectivity index (χ1v) is 4.29. The van der Waals surface area contributed by atoms with Crippen molar-refractivity contribution < 1.29 is 4.74 Å². The third-order valence-corrected chi connectivity index (χ3v) is 1.92. The van der Waals surface area contributed by atoms with E-state index in [0.717, 1.165) is 12.5 Å². The molecule has 1 N–H and O–H groups in total. The van der Waals surface area contributed by atoms with Crippen molar-refractivity contribution in [2.24, 2.45) is 5.92 Å². The van der Waals surface area contributed by atoms with Crippen LogP contribution in [0.2, 0.25) is 0 Å². The van der Waals surface area contributed by atoms with E-state index in [1.165, 1.54) is 6.42 Å². The predicted molar refractivity (Wildman–Crippen MR) is 46.7 cm³/mol. The van der Waals surface area contributed by atoms with E-state index >= 15 is 0 Å². The minimum atomic E-state index is 0.257. The molecule has 0 saturated heterocycles. The summed E-state index contributed by atoms with van der Waals surface area (Å²) < 4.78 is 5.07. The zero-order chi connectivity index (χ0) is 8.48. The first-order valence-electron chi connectivity index (χ1n) is 4.29. The Morgan fingerprint density at radius 1 is 1.45 bits per heavy atom. The van der Waals surface area contributed by atoms with Crippen molar-refractivity contribution >= 4 is 0 Å². The average Bonchev–Trinajstić information content (AvgIpc) is 2.44. The smallest absolute Gasteiger partial charge is 0.0505 e. The molecule has 0 amide bonds. The summed E-state index contributed by atoms with van der Waals surface area (Å²) in [6.45, 7) is 7.52. The molecule has 1 rings (SSSR count). The van der Waals surface area contributed by atoms with Crippen LogP contribution in [-0.4, -0.2) is 25.3 Å². The summed E-state index contributed by atoms with van der Waals surface area (Å²) in [6, 6.07) is 0.704. The molecule has 0 aromatic rings. The normalized spacial score (nSPS) is 30.5. The number of rotatable bonds is 3. The lowest BCUT2D eigenvalue weighted by Crippen LogP contribution is -2.38. The fourth-order valence-corrected chi connectivity index (χ4v) is 1.38. The molecule has 2 atom stereocenters. The van der Waals surface area contributed by atoms with Gasteiger partial charge in [0.1, 0.15) is 0 Å². The van der Waals surface area contributed by atoms with E-state index in [9.17, 15) is 0 Å². The SMILES string of the molecule is COCC1CC1NC(C)(C)C. The van der Waals surface area contributed by atoms with Gasteiger partial charge in [-0.05, 0) is 33.1 Å². The largest absolute Gasteiger partial charge is 0.384 e. The van der Waals surface area contributed by atoms with Crippen molar-refractivity contribution in [1.82, 2.24) is 5.32 Å². The van der Waals surface area contributed by atoms with Crippen molar-refractivity contribution in [2.45, 2.75) is 38.8 Å². The lowest BCUT2D eigenvalue weighted by molar-refractivity contribution is 0.180. The summed E-state index contributed by atoms with van der Waals surface area (Å²) in [5.74, 6) is 0.763. The summed E-state index contributed by atoms with van der Waals surface area (Å²) >= 11 is 0. The molecule has 1 aliphatic rings.